The number of ketones is 2. The molecule has 0 bridgehead atoms. The number of Topliss-reactive ketones (excluding diaryl/α,β-unsaturated/α-hetero) is 1. The minimum Gasteiger partial charge on any atom is -0.388 e. The van der Waals surface area contributed by atoms with E-state index >= 15 is 0 Å². The smallest absolute Gasteiger partial charge is 0.190 e. The molecule has 0 aromatic rings. The SMILES string of the molecule is C[C@H]1C[C@H]2[C@@H]3CCC4=CC(=O)CC[C@]4(C)C3=CC[C@]2(C)[C@@]1(O)C(=O)CO. The summed E-state index contributed by atoms with van der Waals surface area (Å²) in [5, 5.41) is 20.9. The van der Waals surface area contributed by atoms with E-state index in [1.54, 1.807) is 0 Å². The molecule has 0 aromatic carbocycles. The van der Waals surface area contributed by atoms with Crippen LogP contribution in [0.2, 0.25) is 0 Å². The van der Waals surface area contributed by atoms with E-state index in [4.69, 9.17) is 0 Å². The van der Waals surface area contributed by atoms with Crippen LogP contribution in [0.4, 0.5) is 0 Å². The molecule has 0 aromatic heterocycles. The number of aliphatic hydroxyl groups is 2. The fourth-order valence-electron chi connectivity index (χ4n) is 6.92. The minimum atomic E-state index is -1.45. The van der Waals surface area contributed by atoms with E-state index in [9.17, 15) is 19.8 Å². The van der Waals surface area contributed by atoms with Gasteiger partial charge in [0.15, 0.2) is 11.6 Å². The van der Waals surface area contributed by atoms with E-state index in [2.05, 4.69) is 13.0 Å². The fraction of sp³-hybridized carbons (Fsp3) is 0.727. The lowest BCUT2D eigenvalue weighted by Crippen LogP contribution is -2.57. The average molecular weight is 358 g/mol. The van der Waals surface area contributed by atoms with Crippen molar-refractivity contribution in [2.45, 2.75) is 64.9 Å². The summed E-state index contributed by atoms with van der Waals surface area (Å²) in [5.41, 5.74) is 0.685. The van der Waals surface area contributed by atoms with Crippen molar-refractivity contribution in [3.8, 4) is 0 Å². The third-order valence-corrected chi connectivity index (χ3v) is 8.49. The molecular formula is C22H30O4. The van der Waals surface area contributed by atoms with E-state index in [0.717, 1.165) is 25.7 Å². The molecule has 4 aliphatic rings. The lowest BCUT2D eigenvalue weighted by molar-refractivity contribution is -0.161. The van der Waals surface area contributed by atoms with Gasteiger partial charge in [-0.3, -0.25) is 9.59 Å². The Morgan fingerprint density at radius 3 is 2.73 bits per heavy atom. The lowest BCUT2D eigenvalue weighted by Gasteiger charge is -2.54. The van der Waals surface area contributed by atoms with Crippen molar-refractivity contribution in [2.75, 3.05) is 6.61 Å². The van der Waals surface area contributed by atoms with Crippen molar-refractivity contribution in [3.63, 3.8) is 0 Å². The molecule has 0 saturated heterocycles. The maximum absolute atomic E-state index is 12.5. The predicted molar refractivity (Wildman–Crippen MR) is 98.3 cm³/mol. The van der Waals surface area contributed by atoms with Crippen molar-refractivity contribution in [3.05, 3.63) is 23.3 Å². The van der Waals surface area contributed by atoms with Gasteiger partial charge in [0, 0.05) is 17.3 Å². The highest BCUT2D eigenvalue weighted by Gasteiger charge is 2.67. The number of fused-ring (bicyclic) bond motifs is 5. The van der Waals surface area contributed by atoms with Crippen molar-refractivity contribution in [1.82, 2.24) is 0 Å². The van der Waals surface area contributed by atoms with E-state index in [1.807, 2.05) is 19.9 Å². The molecule has 0 aliphatic heterocycles. The van der Waals surface area contributed by atoms with Gasteiger partial charge >= 0.3 is 0 Å². The Morgan fingerprint density at radius 1 is 1.31 bits per heavy atom. The molecule has 2 saturated carbocycles. The third-order valence-electron chi connectivity index (χ3n) is 8.49. The molecule has 142 valence electrons. The quantitative estimate of drug-likeness (QED) is 0.744. The molecule has 4 aliphatic carbocycles. The van der Waals surface area contributed by atoms with Crippen LogP contribution in [0.25, 0.3) is 0 Å². The van der Waals surface area contributed by atoms with E-state index in [0.29, 0.717) is 18.8 Å². The Balaban J connectivity index is 1.78. The Hall–Kier alpha value is -1.26. The number of hydrogen-bond acceptors (Lipinski definition) is 4. The van der Waals surface area contributed by atoms with E-state index < -0.39 is 23.4 Å². The predicted octanol–water partition coefficient (Wildman–Crippen LogP) is 2.98. The van der Waals surface area contributed by atoms with Gasteiger partial charge in [-0.1, -0.05) is 38.0 Å². The maximum Gasteiger partial charge on any atom is 0.190 e. The summed E-state index contributed by atoms with van der Waals surface area (Å²) in [5.74, 6) is 0.260. The first-order valence-corrected chi connectivity index (χ1v) is 9.99. The first-order valence-electron chi connectivity index (χ1n) is 9.99. The number of rotatable bonds is 2. The third kappa shape index (κ3) is 2.03. The Labute approximate surface area is 155 Å². The summed E-state index contributed by atoms with van der Waals surface area (Å²) >= 11 is 0. The van der Waals surface area contributed by atoms with E-state index in [1.165, 1.54) is 11.1 Å². The molecule has 4 heteroatoms. The summed E-state index contributed by atoms with van der Waals surface area (Å²) in [4.78, 5) is 24.4. The van der Waals surface area contributed by atoms with Crippen LogP contribution in [0, 0.1) is 28.6 Å². The molecule has 0 spiro atoms. The van der Waals surface area contributed by atoms with Crippen molar-refractivity contribution in [2.24, 2.45) is 28.6 Å². The Kier molecular flexibility index (Phi) is 3.92. The van der Waals surface area contributed by atoms with E-state index in [-0.39, 0.29) is 23.0 Å². The second-order valence-electron chi connectivity index (χ2n) is 9.49. The zero-order valence-electron chi connectivity index (χ0n) is 16.0. The molecule has 0 radical (unpaired) electrons. The van der Waals surface area contributed by atoms with Crippen LogP contribution in [0.15, 0.2) is 23.3 Å². The van der Waals surface area contributed by atoms with Crippen molar-refractivity contribution >= 4 is 11.6 Å². The van der Waals surface area contributed by atoms with Gasteiger partial charge in [-0.05, 0) is 55.9 Å². The molecule has 4 nitrogen and oxygen atoms in total. The highest BCUT2D eigenvalue weighted by Crippen LogP contribution is 2.66. The van der Waals surface area contributed by atoms with Gasteiger partial charge in [-0.25, -0.2) is 0 Å². The van der Waals surface area contributed by atoms with Crippen LogP contribution in [0.1, 0.15) is 59.3 Å². The molecule has 0 heterocycles. The van der Waals surface area contributed by atoms with Crippen LogP contribution in [0.5, 0.6) is 0 Å². The topological polar surface area (TPSA) is 74.6 Å². The number of carbonyl (C=O) groups excluding carboxylic acids is 2. The summed E-state index contributed by atoms with van der Waals surface area (Å²) in [6.45, 7) is 5.67. The standard InChI is InChI=1S/C22H30O4/c1-13-10-18-16-5-4-14-11-15(24)6-8-20(14,2)17(16)7-9-21(18,3)22(13,26)19(25)12-23/h7,11,13,16,18,23,26H,4-6,8-10,12H2,1-3H3/t13-,16+,18-,20-,21-,22-/m0/s1. The van der Waals surface area contributed by atoms with Crippen molar-refractivity contribution in [1.29, 1.82) is 0 Å². The second-order valence-corrected chi connectivity index (χ2v) is 9.49. The zero-order valence-corrected chi connectivity index (χ0v) is 16.0. The van der Waals surface area contributed by atoms with Crippen LogP contribution < -0.4 is 0 Å². The van der Waals surface area contributed by atoms with Crippen LogP contribution >= 0.6 is 0 Å². The number of allylic oxidation sites excluding steroid dienone is 4. The molecule has 2 N–H and O–H groups in total. The molecular weight excluding hydrogens is 328 g/mol. The fourth-order valence-corrected chi connectivity index (χ4v) is 6.92. The van der Waals surface area contributed by atoms with Crippen molar-refractivity contribution < 1.29 is 19.8 Å². The van der Waals surface area contributed by atoms with Gasteiger partial charge in [-0.2, -0.15) is 0 Å². The monoisotopic (exact) mass is 358 g/mol. The molecule has 0 amide bonds. The van der Waals surface area contributed by atoms with Crippen LogP contribution in [-0.4, -0.2) is 34.0 Å². The first kappa shape index (κ1) is 18.1. The Morgan fingerprint density at radius 2 is 2.04 bits per heavy atom. The van der Waals surface area contributed by atoms with Gasteiger partial charge in [0.05, 0.1) is 0 Å². The summed E-state index contributed by atoms with van der Waals surface area (Å²) in [6, 6.07) is 0. The molecule has 6 atom stereocenters. The van der Waals surface area contributed by atoms with Crippen LogP contribution in [-0.2, 0) is 9.59 Å². The maximum atomic E-state index is 12.5. The number of hydrogen-bond donors (Lipinski definition) is 2. The largest absolute Gasteiger partial charge is 0.388 e. The molecule has 0 unspecified atom stereocenters. The molecule has 26 heavy (non-hydrogen) atoms. The second kappa shape index (κ2) is 5.62. The van der Waals surface area contributed by atoms with Gasteiger partial charge in [0.2, 0.25) is 0 Å². The van der Waals surface area contributed by atoms with Gasteiger partial charge in [0.25, 0.3) is 0 Å². The van der Waals surface area contributed by atoms with Gasteiger partial charge in [-0.15, -0.1) is 0 Å². The molecule has 4 rings (SSSR count). The Bertz CT molecular complexity index is 734. The summed E-state index contributed by atoms with van der Waals surface area (Å²) in [7, 11) is 0. The van der Waals surface area contributed by atoms with Gasteiger partial charge < -0.3 is 10.2 Å². The molecule has 2 fully saturated rings. The summed E-state index contributed by atoms with van der Waals surface area (Å²) in [6.07, 6.45) is 9.00. The highest BCUT2D eigenvalue weighted by molar-refractivity contribution is 5.92. The zero-order chi connectivity index (χ0) is 18.9. The number of aliphatic hydroxyl groups excluding tert-OH is 1. The highest BCUT2D eigenvalue weighted by atomic mass is 16.3. The first-order chi connectivity index (χ1) is 12.2. The normalized spacial score (nSPS) is 47.4. The van der Waals surface area contributed by atoms with Crippen LogP contribution in [0.3, 0.4) is 0 Å². The summed E-state index contributed by atoms with van der Waals surface area (Å²) < 4.78 is 0. The minimum absolute atomic E-state index is 0.0386. The average Bonchev–Trinajstić information content (AvgIpc) is 2.83. The number of carbonyl (C=O) groups is 2. The van der Waals surface area contributed by atoms with Gasteiger partial charge in [0.1, 0.15) is 12.2 Å². The lowest BCUT2D eigenvalue weighted by atomic mass is 9.50.